The average molecular weight is 223 g/mol. The van der Waals surface area contributed by atoms with Crippen molar-refractivity contribution in [3.05, 3.63) is 23.2 Å². The highest BCUT2D eigenvalue weighted by Crippen LogP contribution is 2.14. The summed E-state index contributed by atoms with van der Waals surface area (Å²) in [7, 11) is 0. The Morgan fingerprint density at radius 1 is 1.25 bits per heavy atom. The van der Waals surface area contributed by atoms with E-state index in [1.54, 1.807) is 13.0 Å². The van der Waals surface area contributed by atoms with E-state index in [9.17, 15) is 9.59 Å². The van der Waals surface area contributed by atoms with Gasteiger partial charge < -0.3 is 9.73 Å². The second-order valence-corrected chi connectivity index (χ2v) is 4.88. The fourth-order valence-corrected chi connectivity index (χ4v) is 1.19. The predicted octanol–water partition coefficient (Wildman–Crippen LogP) is 1.99. The van der Waals surface area contributed by atoms with Crippen molar-refractivity contribution in [1.82, 2.24) is 5.32 Å². The highest BCUT2D eigenvalue weighted by molar-refractivity contribution is 6.42. The molecule has 1 rings (SSSR count). The maximum Gasteiger partial charge on any atom is 0.296 e. The lowest BCUT2D eigenvalue weighted by molar-refractivity contribution is -0.118. The van der Waals surface area contributed by atoms with Gasteiger partial charge in [-0.25, -0.2) is 0 Å². The molecule has 1 heterocycles. The highest BCUT2D eigenvalue weighted by Gasteiger charge is 2.24. The number of hydrogen-bond donors (Lipinski definition) is 1. The van der Waals surface area contributed by atoms with Crippen molar-refractivity contribution in [3.8, 4) is 0 Å². The van der Waals surface area contributed by atoms with Crippen molar-refractivity contribution in [2.75, 3.05) is 0 Å². The molecular weight excluding hydrogens is 206 g/mol. The third-order valence-electron chi connectivity index (χ3n) is 2.08. The van der Waals surface area contributed by atoms with Crippen molar-refractivity contribution >= 4 is 11.7 Å². The van der Waals surface area contributed by atoms with Gasteiger partial charge in [0.2, 0.25) is 0 Å². The Kier molecular flexibility index (Phi) is 3.21. The van der Waals surface area contributed by atoms with Crippen LogP contribution in [0.1, 0.15) is 42.6 Å². The Morgan fingerprint density at radius 3 is 2.19 bits per heavy atom. The lowest BCUT2D eigenvalue weighted by atomic mass is 10.1. The minimum Gasteiger partial charge on any atom is -0.457 e. The fourth-order valence-electron chi connectivity index (χ4n) is 1.19. The Hall–Kier alpha value is -1.58. The van der Waals surface area contributed by atoms with Gasteiger partial charge in [-0.2, -0.15) is 0 Å². The van der Waals surface area contributed by atoms with Gasteiger partial charge in [-0.1, -0.05) is 0 Å². The standard InChI is InChI=1S/C12H17NO3/c1-7-6-9(16-8(7)2)10(14)11(15)13-12(3,4)5/h6H,1-5H3,(H,13,15). The largest absolute Gasteiger partial charge is 0.457 e. The number of aryl methyl sites for hydroxylation is 2. The average Bonchev–Trinajstić information content (AvgIpc) is 2.43. The molecule has 0 unspecified atom stereocenters. The summed E-state index contributed by atoms with van der Waals surface area (Å²) in [4.78, 5) is 23.2. The summed E-state index contributed by atoms with van der Waals surface area (Å²) >= 11 is 0. The van der Waals surface area contributed by atoms with Crippen LogP contribution in [0.3, 0.4) is 0 Å². The first-order valence-electron chi connectivity index (χ1n) is 5.14. The summed E-state index contributed by atoms with van der Waals surface area (Å²) < 4.78 is 5.20. The number of ketones is 1. The SMILES string of the molecule is Cc1cc(C(=O)C(=O)NC(C)(C)C)oc1C. The second-order valence-electron chi connectivity index (χ2n) is 4.88. The molecule has 4 heteroatoms. The molecule has 0 atom stereocenters. The van der Waals surface area contributed by atoms with Gasteiger partial charge >= 0.3 is 0 Å². The van der Waals surface area contributed by atoms with E-state index in [1.807, 2.05) is 27.7 Å². The van der Waals surface area contributed by atoms with Crippen molar-refractivity contribution in [1.29, 1.82) is 0 Å². The summed E-state index contributed by atoms with van der Waals surface area (Å²) in [5.41, 5.74) is 0.440. The monoisotopic (exact) mass is 223 g/mol. The Morgan fingerprint density at radius 2 is 1.81 bits per heavy atom. The van der Waals surface area contributed by atoms with E-state index in [4.69, 9.17) is 4.42 Å². The molecule has 1 amide bonds. The zero-order valence-electron chi connectivity index (χ0n) is 10.3. The van der Waals surface area contributed by atoms with Crippen LogP contribution in [0.15, 0.2) is 10.5 Å². The molecule has 0 radical (unpaired) electrons. The zero-order valence-corrected chi connectivity index (χ0v) is 10.3. The van der Waals surface area contributed by atoms with E-state index in [-0.39, 0.29) is 5.76 Å². The van der Waals surface area contributed by atoms with Crippen LogP contribution in [0.5, 0.6) is 0 Å². The van der Waals surface area contributed by atoms with Gasteiger partial charge in [0.05, 0.1) is 0 Å². The number of amides is 1. The normalized spacial score (nSPS) is 11.3. The summed E-state index contributed by atoms with van der Waals surface area (Å²) in [5.74, 6) is -0.518. The minimum atomic E-state index is -0.638. The molecule has 4 nitrogen and oxygen atoms in total. The molecule has 88 valence electrons. The quantitative estimate of drug-likeness (QED) is 0.616. The predicted molar refractivity (Wildman–Crippen MR) is 60.4 cm³/mol. The highest BCUT2D eigenvalue weighted by atomic mass is 16.3. The Balaban J connectivity index is 2.83. The molecule has 0 saturated heterocycles. The second kappa shape index (κ2) is 4.12. The number of carbonyl (C=O) groups is 2. The fraction of sp³-hybridized carbons (Fsp3) is 0.500. The molecule has 0 saturated carbocycles. The first kappa shape index (κ1) is 12.5. The summed E-state index contributed by atoms with van der Waals surface area (Å²) in [5, 5.41) is 2.60. The third-order valence-corrected chi connectivity index (χ3v) is 2.08. The maximum atomic E-state index is 11.7. The number of Topliss-reactive ketones (excluding diaryl/α,β-unsaturated/α-hetero) is 1. The first-order valence-corrected chi connectivity index (χ1v) is 5.14. The molecule has 0 spiro atoms. The molecule has 0 aromatic carbocycles. The smallest absolute Gasteiger partial charge is 0.296 e. The van der Waals surface area contributed by atoms with Crippen LogP contribution < -0.4 is 5.32 Å². The molecule has 0 aliphatic rings. The van der Waals surface area contributed by atoms with E-state index >= 15 is 0 Å². The zero-order chi connectivity index (χ0) is 12.5. The first-order chi connectivity index (χ1) is 7.20. The summed E-state index contributed by atoms with van der Waals surface area (Å²) in [6, 6.07) is 1.58. The molecule has 1 aromatic heterocycles. The molecule has 0 fully saturated rings. The number of furan rings is 1. The maximum absolute atomic E-state index is 11.7. The van der Waals surface area contributed by atoms with Crippen molar-refractivity contribution < 1.29 is 14.0 Å². The van der Waals surface area contributed by atoms with E-state index < -0.39 is 17.2 Å². The van der Waals surface area contributed by atoms with Crippen molar-refractivity contribution in [3.63, 3.8) is 0 Å². The van der Waals surface area contributed by atoms with Gasteiger partial charge in [-0.05, 0) is 46.2 Å². The lowest BCUT2D eigenvalue weighted by Gasteiger charge is -2.19. The number of carbonyl (C=O) groups excluding carboxylic acids is 2. The van der Waals surface area contributed by atoms with Crippen molar-refractivity contribution in [2.24, 2.45) is 0 Å². The van der Waals surface area contributed by atoms with Gasteiger partial charge in [0, 0.05) is 5.54 Å². The van der Waals surface area contributed by atoms with E-state index in [0.29, 0.717) is 5.76 Å². The lowest BCUT2D eigenvalue weighted by Crippen LogP contribution is -2.44. The van der Waals surface area contributed by atoms with Crippen LogP contribution in [0.2, 0.25) is 0 Å². The molecule has 0 bridgehead atoms. The molecule has 0 aliphatic heterocycles. The third kappa shape index (κ3) is 2.95. The number of nitrogens with one attached hydrogen (secondary N) is 1. The molecule has 1 aromatic rings. The van der Waals surface area contributed by atoms with Crippen LogP contribution in [0.4, 0.5) is 0 Å². The minimum absolute atomic E-state index is 0.0942. The van der Waals surface area contributed by atoms with Gasteiger partial charge in [0.15, 0.2) is 5.76 Å². The number of rotatable bonds is 2. The van der Waals surface area contributed by atoms with E-state index in [0.717, 1.165) is 5.56 Å². The van der Waals surface area contributed by atoms with Gasteiger partial charge in [0.25, 0.3) is 11.7 Å². The Bertz CT molecular complexity index is 404. The molecule has 0 aliphatic carbocycles. The van der Waals surface area contributed by atoms with E-state index in [2.05, 4.69) is 5.32 Å². The van der Waals surface area contributed by atoms with Crippen LogP contribution >= 0.6 is 0 Å². The molecule has 16 heavy (non-hydrogen) atoms. The summed E-state index contributed by atoms with van der Waals surface area (Å²) in [6.45, 7) is 9.04. The van der Waals surface area contributed by atoms with Crippen molar-refractivity contribution in [2.45, 2.75) is 40.2 Å². The molecular formula is C12H17NO3. The molecule has 1 N–H and O–H groups in total. The number of hydrogen-bond acceptors (Lipinski definition) is 3. The Labute approximate surface area is 95.0 Å². The van der Waals surface area contributed by atoms with Crippen LogP contribution in [0, 0.1) is 13.8 Å². The van der Waals surface area contributed by atoms with Crippen LogP contribution in [-0.4, -0.2) is 17.2 Å². The van der Waals surface area contributed by atoms with Gasteiger partial charge in [-0.3, -0.25) is 9.59 Å². The van der Waals surface area contributed by atoms with Crippen LogP contribution in [0.25, 0.3) is 0 Å². The van der Waals surface area contributed by atoms with Gasteiger partial charge in [-0.15, -0.1) is 0 Å². The van der Waals surface area contributed by atoms with E-state index in [1.165, 1.54) is 0 Å². The topological polar surface area (TPSA) is 59.3 Å². The van der Waals surface area contributed by atoms with Gasteiger partial charge in [0.1, 0.15) is 5.76 Å². The summed E-state index contributed by atoms with van der Waals surface area (Å²) in [6.07, 6.45) is 0. The van der Waals surface area contributed by atoms with Crippen LogP contribution in [-0.2, 0) is 4.79 Å².